The molecule has 2 atom stereocenters. The molecule has 10 nitrogen and oxygen atoms in total. The van der Waals surface area contributed by atoms with E-state index in [4.69, 9.17) is 11.1 Å². The highest BCUT2D eigenvalue weighted by molar-refractivity contribution is 7.93. The van der Waals surface area contributed by atoms with E-state index >= 15 is 0 Å². The minimum atomic E-state index is -3.74. The van der Waals surface area contributed by atoms with Crippen molar-refractivity contribution in [2.45, 2.75) is 37.0 Å². The van der Waals surface area contributed by atoms with E-state index < -0.39 is 25.9 Å². The second-order valence-corrected chi connectivity index (χ2v) is 11.6. The molecular formula is C23H23FN8O2S. The number of nitrogens with one attached hydrogen (secondary N) is 3. The van der Waals surface area contributed by atoms with Gasteiger partial charge in [-0.3, -0.25) is 5.41 Å². The molecule has 5 rings (SSSR count). The van der Waals surface area contributed by atoms with Crippen molar-refractivity contribution in [3.8, 4) is 12.0 Å². The summed E-state index contributed by atoms with van der Waals surface area (Å²) in [6.45, 7) is 3.16. The lowest BCUT2D eigenvalue weighted by atomic mass is 9.91. The van der Waals surface area contributed by atoms with Crippen LogP contribution in [0.4, 0.5) is 16.0 Å². The minimum absolute atomic E-state index is 0.0769. The maximum Gasteiger partial charge on any atom is 0.165 e. The Bertz CT molecular complexity index is 1550. The zero-order valence-electron chi connectivity index (χ0n) is 19.1. The fourth-order valence-electron chi connectivity index (χ4n) is 4.60. The maximum absolute atomic E-state index is 15.0. The Kier molecular flexibility index (Phi) is 5.14. The molecule has 180 valence electrons. The molecule has 1 saturated heterocycles. The van der Waals surface area contributed by atoms with E-state index in [0.29, 0.717) is 22.4 Å². The molecule has 3 aromatic rings. The van der Waals surface area contributed by atoms with Gasteiger partial charge in [-0.25, -0.2) is 32.7 Å². The Morgan fingerprint density at radius 3 is 2.66 bits per heavy atom. The quantitative estimate of drug-likeness (QED) is 0.314. The van der Waals surface area contributed by atoms with Crippen LogP contribution in [-0.2, 0) is 15.4 Å². The van der Waals surface area contributed by atoms with Gasteiger partial charge >= 0.3 is 0 Å². The summed E-state index contributed by atoms with van der Waals surface area (Å²) in [6.07, 6.45) is 5.40. The van der Waals surface area contributed by atoms with Crippen molar-refractivity contribution >= 4 is 38.3 Å². The zero-order valence-corrected chi connectivity index (χ0v) is 19.9. The summed E-state index contributed by atoms with van der Waals surface area (Å²) < 4.78 is 40.3. The number of nitrogens with two attached hydrogens (primary N) is 1. The molecule has 35 heavy (non-hydrogen) atoms. The summed E-state index contributed by atoms with van der Waals surface area (Å²) in [5.74, 6) is 2.04. The number of halogens is 1. The van der Waals surface area contributed by atoms with Crippen LogP contribution in [0.3, 0.4) is 0 Å². The number of fused-ring (bicyclic) bond motifs is 1. The van der Waals surface area contributed by atoms with Gasteiger partial charge in [-0.05, 0) is 50.7 Å². The molecule has 12 heteroatoms. The molecule has 0 radical (unpaired) electrons. The molecule has 3 aromatic heterocycles. The molecule has 5 N–H and O–H groups in total. The number of hydrogen-bond acceptors (Lipinski definition) is 9. The second kappa shape index (κ2) is 7.84. The van der Waals surface area contributed by atoms with Crippen LogP contribution >= 0.6 is 0 Å². The van der Waals surface area contributed by atoms with Crippen molar-refractivity contribution in [3.05, 3.63) is 47.8 Å². The Labute approximate surface area is 201 Å². The smallest absolute Gasteiger partial charge is 0.165 e. The van der Waals surface area contributed by atoms with Gasteiger partial charge in [-0.2, -0.15) is 0 Å². The lowest BCUT2D eigenvalue weighted by Gasteiger charge is -2.45. The zero-order chi connectivity index (χ0) is 25.0. The van der Waals surface area contributed by atoms with Crippen LogP contribution < -0.4 is 16.4 Å². The van der Waals surface area contributed by atoms with Gasteiger partial charge in [0.05, 0.1) is 23.0 Å². The monoisotopic (exact) mass is 494 g/mol. The Morgan fingerprint density at radius 2 is 1.97 bits per heavy atom. The first-order chi connectivity index (χ1) is 16.6. The van der Waals surface area contributed by atoms with Gasteiger partial charge in [0.2, 0.25) is 0 Å². The molecule has 2 aliphatic rings. The number of amidine groups is 1. The SMILES string of the molecule is C[C@@]1(c2cc(Nc3ncnc4cc(C#CN)cnc34)ncc2F)CS(=O)(=O)[C@@](C)(C2CC2)C(=N)N1. The number of rotatable bonds is 4. The van der Waals surface area contributed by atoms with Gasteiger partial charge in [-0.1, -0.05) is 0 Å². The van der Waals surface area contributed by atoms with Crippen LogP contribution in [0.15, 0.2) is 30.9 Å². The van der Waals surface area contributed by atoms with Crippen LogP contribution in [0.1, 0.15) is 37.8 Å². The Hall–Kier alpha value is -3.85. The van der Waals surface area contributed by atoms with Gasteiger partial charge in [0, 0.05) is 23.4 Å². The van der Waals surface area contributed by atoms with Crippen molar-refractivity contribution in [1.29, 1.82) is 5.41 Å². The van der Waals surface area contributed by atoms with E-state index in [0.717, 1.165) is 19.0 Å². The van der Waals surface area contributed by atoms with Crippen molar-refractivity contribution in [1.82, 2.24) is 25.3 Å². The van der Waals surface area contributed by atoms with Crippen molar-refractivity contribution in [2.24, 2.45) is 11.7 Å². The van der Waals surface area contributed by atoms with E-state index in [1.165, 1.54) is 18.6 Å². The fourth-order valence-corrected chi connectivity index (χ4v) is 6.99. The fraction of sp³-hybridized carbons (Fsp3) is 0.348. The predicted octanol–water partition coefficient (Wildman–Crippen LogP) is 1.95. The average Bonchev–Trinajstić information content (AvgIpc) is 3.64. The molecule has 1 aliphatic carbocycles. The third-order valence-electron chi connectivity index (χ3n) is 6.77. The molecule has 0 aromatic carbocycles. The lowest BCUT2D eigenvalue weighted by Crippen LogP contribution is -2.66. The van der Waals surface area contributed by atoms with Crippen LogP contribution in [0, 0.1) is 29.1 Å². The Balaban J connectivity index is 1.50. The number of hydrogen-bond donors (Lipinski definition) is 4. The van der Waals surface area contributed by atoms with E-state index in [1.54, 1.807) is 19.9 Å². The molecule has 4 heterocycles. The van der Waals surface area contributed by atoms with Crippen molar-refractivity contribution in [3.63, 3.8) is 0 Å². The number of aromatic nitrogens is 4. The van der Waals surface area contributed by atoms with Crippen LogP contribution in [-0.4, -0.2) is 44.7 Å². The highest BCUT2D eigenvalue weighted by Gasteiger charge is 2.60. The third kappa shape index (κ3) is 3.72. The number of pyridine rings is 2. The van der Waals surface area contributed by atoms with Crippen LogP contribution in [0.25, 0.3) is 11.0 Å². The normalized spacial score (nSPS) is 25.4. The summed E-state index contributed by atoms with van der Waals surface area (Å²) in [4.78, 5) is 16.8. The molecule has 2 fully saturated rings. The molecular weight excluding hydrogens is 471 g/mol. The molecule has 1 aliphatic heterocycles. The topological polar surface area (TPSA) is 160 Å². The Morgan fingerprint density at radius 1 is 1.20 bits per heavy atom. The maximum atomic E-state index is 15.0. The van der Waals surface area contributed by atoms with Gasteiger partial charge in [0.1, 0.15) is 34.1 Å². The van der Waals surface area contributed by atoms with Gasteiger partial charge in [0.25, 0.3) is 0 Å². The summed E-state index contributed by atoms with van der Waals surface area (Å²) in [5.41, 5.74) is 5.54. The first-order valence-electron chi connectivity index (χ1n) is 10.9. The molecule has 0 bridgehead atoms. The summed E-state index contributed by atoms with van der Waals surface area (Å²) in [5, 5.41) is 14.5. The summed E-state index contributed by atoms with van der Waals surface area (Å²) in [6, 6.07) is 5.45. The van der Waals surface area contributed by atoms with E-state index in [-0.39, 0.29) is 28.9 Å². The first kappa shape index (κ1) is 22.9. The molecule has 0 amide bonds. The number of sulfone groups is 1. The van der Waals surface area contributed by atoms with Crippen molar-refractivity contribution < 1.29 is 12.8 Å². The predicted molar refractivity (Wildman–Crippen MR) is 129 cm³/mol. The standard InChI is InChI=1S/C23H23FN8O2S/c1-22(11-35(33,34)23(2,14-3-4-14)21(26)32-22)15-8-18(27-10-16(15)24)31-20-19-17(29-12-30-20)7-13(5-6-25)9-28-19/h7-10,12,14H,3-4,11,25H2,1-2H3,(H2,26,32)(H,27,29,30,31)/t22-,23-/m0/s1. The molecule has 0 unspecified atom stereocenters. The highest BCUT2D eigenvalue weighted by Crippen LogP contribution is 2.48. The molecule has 1 saturated carbocycles. The second-order valence-electron chi connectivity index (χ2n) is 9.23. The first-order valence-corrected chi connectivity index (χ1v) is 12.6. The average molecular weight is 495 g/mol. The molecule has 0 spiro atoms. The van der Waals surface area contributed by atoms with Crippen LogP contribution in [0.2, 0.25) is 0 Å². The van der Waals surface area contributed by atoms with E-state index in [1.807, 2.05) is 0 Å². The highest BCUT2D eigenvalue weighted by atomic mass is 32.2. The largest absolute Gasteiger partial charge is 0.362 e. The lowest BCUT2D eigenvalue weighted by molar-refractivity contribution is 0.410. The number of anilines is 2. The number of nitrogens with zero attached hydrogens (tertiary/aromatic N) is 4. The van der Waals surface area contributed by atoms with Gasteiger partial charge < -0.3 is 16.4 Å². The van der Waals surface area contributed by atoms with Gasteiger partial charge in [-0.15, -0.1) is 0 Å². The minimum Gasteiger partial charge on any atom is -0.362 e. The van der Waals surface area contributed by atoms with Crippen LogP contribution in [0.5, 0.6) is 0 Å². The van der Waals surface area contributed by atoms with Crippen molar-refractivity contribution in [2.75, 3.05) is 11.1 Å². The third-order valence-corrected chi connectivity index (χ3v) is 9.55. The summed E-state index contributed by atoms with van der Waals surface area (Å²) >= 11 is 0. The van der Waals surface area contributed by atoms with Gasteiger partial charge in [0.15, 0.2) is 15.7 Å². The van der Waals surface area contributed by atoms with E-state index in [9.17, 15) is 12.8 Å². The summed E-state index contributed by atoms with van der Waals surface area (Å²) in [7, 11) is -3.74. The van der Waals surface area contributed by atoms with E-state index in [2.05, 4.69) is 42.5 Å².